The smallest absolute Gasteiger partial charge is 0.162 e. The van der Waals surface area contributed by atoms with Gasteiger partial charge in [0.05, 0.1) is 22.9 Å². The Balaban J connectivity index is 1.79. The topological polar surface area (TPSA) is 37.0 Å². The number of benzene rings is 1. The molecule has 0 amide bonds. The molecule has 0 radical (unpaired) electrons. The third-order valence-electron chi connectivity index (χ3n) is 3.25. The number of nitrogens with one attached hydrogen (secondary N) is 2. The molecule has 0 spiro atoms. The number of anilines is 1. The number of fused-ring (bicyclic) bond motifs is 1. The maximum absolute atomic E-state index is 13.6. The van der Waals surface area contributed by atoms with E-state index < -0.39 is 11.6 Å². The maximum atomic E-state index is 13.6. The van der Waals surface area contributed by atoms with Crippen molar-refractivity contribution < 1.29 is 8.78 Å². The SMILES string of the molecule is Fc1cccc(CCc2cc(Cl)c3c(n2)CNN3)c1F. The minimum atomic E-state index is -0.823. The molecule has 1 aromatic heterocycles. The van der Waals surface area contributed by atoms with Crippen LogP contribution in [0.5, 0.6) is 0 Å². The molecule has 3 nitrogen and oxygen atoms in total. The normalized spacial score (nSPS) is 13.2. The van der Waals surface area contributed by atoms with Gasteiger partial charge in [-0.1, -0.05) is 23.7 Å². The average molecular weight is 296 g/mol. The summed E-state index contributed by atoms with van der Waals surface area (Å²) in [6.45, 7) is 0.594. The zero-order valence-electron chi connectivity index (χ0n) is 10.5. The van der Waals surface area contributed by atoms with E-state index >= 15 is 0 Å². The van der Waals surface area contributed by atoms with Crippen LogP contribution in [-0.2, 0) is 19.4 Å². The van der Waals surface area contributed by atoms with E-state index in [1.165, 1.54) is 6.07 Å². The number of pyridine rings is 1. The van der Waals surface area contributed by atoms with Crippen molar-refractivity contribution in [2.75, 3.05) is 5.43 Å². The van der Waals surface area contributed by atoms with Crippen LogP contribution in [0.3, 0.4) is 0 Å². The molecule has 0 aliphatic carbocycles. The number of aromatic nitrogens is 1. The molecular formula is C14H12ClF2N3. The fraction of sp³-hybridized carbons (Fsp3) is 0.214. The first kappa shape index (κ1) is 13.3. The molecule has 1 aliphatic heterocycles. The third-order valence-corrected chi connectivity index (χ3v) is 3.55. The lowest BCUT2D eigenvalue weighted by atomic mass is 10.1. The van der Waals surface area contributed by atoms with Gasteiger partial charge in [0.2, 0.25) is 0 Å². The van der Waals surface area contributed by atoms with E-state index in [1.807, 2.05) is 0 Å². The van der Waals surface area contributed by atoms with Crippen molar-refractivity contribution in [3.05, 3.63) is 57.9 Å². The van der Waals surface area contributed by atoms with E-state index in [-0.39, 0.29) is 0 Å². The first-order valence-corrected chi connectivity index (χ1v) is 6.63. The van der Waals surface area contributed by atoms with Gasteiger partial charge in [-0.25, -0.2) is 14.2 Å². The number of nitrogens with zero attached hydrogens (tertiary/aromatic N) is 1. The Morgan fingerprint density at radius 3 is 2.95 bits per heavy atom. The third kappa shape index (κ3) is 2.46. The van der Waals surface area contributed by atoms with Gasteiger partial charge in [0, 0.05) is 5.69 Å². The van der Waals surface area contributed by atoms with E-state index in [0.29, 0.717) is 30.0 Å². The molecule has 0 fully saturated rings. The Morgan fingerprint density at radius 2 is 2.10 bits per heavy atom. The second kappa shape index (κ2) is 5.34. The van der Waals surface area contributed by atoms with Crippen molar-refractivity contribution in [3.63, 3.8) is 0 Å². The van der Waals surface area contributed by atoms with Gasteiger partial charge < -0.3 is 5.43 Å². The zero-order valence-corrected chi connectivity index (χ0v) is 11.3. The summed E-state index contributed by atoms with van der Waals surface area (Å²) in [7, 11) is 0. The number of hydrogen-bond acceptors (Lipinski definition) is 3. The number of hydrazine groups is 1. The number of rotatable bonds is 3. The summed E-state index contributed by atoms with van der Waals surface area (Å²) in [4.78, 5) is 4.46. The van der Waals surface area contributed by atoms with Crippen LogP contribution in [0.4, 0.5) is 14.5 Å². The van der Waals surface area contributed by atoms with Crippen molar-refractivity contribution in [1.82, 2.24) is 10.4 Å². The largest absolute Gasteiger partial charge is 0.318 e. The summed E-state index contributed by atoms with van der Waals surface area (Å²) in [5.41, 5.74) is 8.61. The number of hydrogen-bond donors (Lipinski definition) is 2. The lowest BCUT2D eigenvalue weighted by Crippen LogP contribution is -2.11. The molecule has 2 aromatic rings. The average Bonchev–Trinajstić information content (AvgIpc) is 2.89. The summed E-state index contributed by atoms with van der Waals surface area (Å²) in [6, 6.07) is 5.94. The van der Waals surface area contributed by atoms with Gasteiger partial charge in [0.1, 0.15) is 0 Å². The first-order valence-electron chi connectivity index (χ1n) is 6.25. The monoisotopic (exact) mass is 295 g/mol. The van der Waals surface area contributed by atoms with Crippen LogP contribution < -0.4 is 10.9 Å². The minimum absolute atomic E-state index is 0.347. The summed E-state index contributed by atoms with van der Waals surface area (Å²) >= 11 is 6.14. The Hall–Kier alpha value is -1.72. The molecule has 20 heavy (non-hydrogen) atoms. The van der Waals surface area contributed by atoms with Gasteiger partial charge in [-0.15, -0.1) is 0 Å². The molecule has 1 aliphatic rings. The molecule has 3 rings (SSSR count). The van der Waals surface area contributed by atoms with Crippen LogP contribution in [0, 0.1) is 11.6 Å². The maximum Gasteiger partial charge on any atom is 0.162 e. The van der Waals surface area contributed by atoms with Crippen LogP contribution in [0.25, 0.3) is 0 Å². The molecule has 104 valence electrons. The van der Waals surface area contributed by atoms with Gasteiger partial charge in [-0.05, 0) is 30.5 Å². The summed E-state index contributed by atoms with van der Waals surface area (Å²) in [5, 5.41) is 0.578. The summed E-state index contributed by atoms with van der Waals surface area (Å²) in [5.74, 6) is -1.61. The highest BCUT2D eigenvalue weighted by molar-refractivity contribution is 6.33. The molecule has 0 atom stereocenters. The number of aryl methyl sites for hydroxylation is 2. The van der Waals surface area contributed by atoms with E-state index in [1.54, 1.807) is 12.1 Å². The highest BCUT2D eigenvalue weighted by Crippen LogP contribution is 2.28. The molecular weight excluding hydrogens is 284 g/mol. The second-order valence-electron chi connectivity index (χ2n) is 4.61. The van der Waals surface area contributed by atoms with Crippen molar-refractivity contribution in [2.24, 2.45) is 0 Å². The quantitative estimate of drug-likeness (QED) is 0.913. The van der Waals surface area contributed by atoms with Crippen LogP contribution in [0.15, 0.2) is 24.3 Å². The van der Waals surface area contributed by atoms with Crippen LogP contribution >= 0.6 is 11.6 Å². The lowest BCUT2D eigenvalue weighted by Gasteiger charge is -2.07. The number of halogens is 3. The fourth-order valence-corrected chi connectivity index (χ4v) is 2.51. The highest BCUT2D eigenvalue weighted by Gasteiger charge is 2.16. The molecule has 6 heteroatoms. The van der Waals surface area contributed by atoms with Crippen molar-refractivity contribution in [1.29, 1.82) is 0 Å². The molecule has 0 saturated heterocycles. The van der Waals surface area contributed by atoms with E-state index in [2.05, 4.69) is 15.8 Å². The standard InChI is InChI=1S/C14H12ClF2N3/c15-10-6-9(19-12-7-18-20-14(10)12)5-4-8-2-1-3-11(16)13(8)17/h1-3,6,18,20H,4-5,7H2. The molecule has 0 unspecified atom stereocenters. The predicted octanol–water partition coefficient (Wildman–Crippen LogP) is 3.23. The van der Waals surface area contributed by atoms with Gasteiger partial charge >= 0.3 is 0 Å². The predicted molar refractivity (Wildman–Crippen MR) is 73.5 cm³/mol. The van der Waals surface area contributed by atoms with Gasteiger partial charge in [-0.3, -0.25) is 4.98 Å². The summed E-state index contributed by atoms with van der Waals surface area (Å²) in [6.07, 6.45) is 0.889. The first-order chi connectivity index (χ1) is 9.65. The lowest BCUT2D eigenvalue weighted by molar-refractivity contribution is 0.498. The van der Waals surface area contributed by atoms with Gasteiger partial charge in [-0.2, -0.15) is 0 Å². The Morgan fingerprint density at radius 1 is 1.25 bits per heavy atom. The van der Waals surface area contributed by atoms with Crippen molar-refractivity contribution >= 4 is 17.3 Å². The molecule has 2 heterocycles. The summed E-state index contributed by atoms with van der Waals surface area (Å²) < 4.78 is 26.7. The Bertz CT molecular complexity index is 661. The van der Waals surface area contributed by atoms with Crippen LogP contribution in [0.2, 0.25) is 5.02 Å². The van der Waals surface area contributed by atoms with Crippen molar-refractivity contribution in [2.45, 2.75) is 19.4 Å². The Labute approximate surface area is 120 Å². The second-order valence-corrected chi connectivity index (χ2v) is 5.02. The van der Waals surface area contributed by atoms with Gasteiger partial charge in [0.15, 0.2) is 11.6 Å². The molecule has 0 saturated carbocycles. The highest BCUT2D eigenvalue weighted by atomic mass is 35.5. The Kier molecular flexibility index (Phi) is 3.54. The van der Waals surface area contributed by atoms with Crippen molar-refractivity contribution in [3.8, 4) is 0 Å². The van der Waals surface area contributed by atoms with Crippen LogP contribution in [-0.4, -0.2) is 4.98 Å². The molecule has 0 bridgehead atoms. The molecule has 1 aromatic carbocycles. The molecule has 2 N–H and O–H groups in total. The minimum Gasteiger partial charge on any atom is -0.318 e. The van der Waals surface area contributed by atoms with E-state index in [4.69, 9.17) is 11.6 Å². The van der Waals surface area contributed by atoms with Crippen LogP contribution in [0.1, 0.15) is 17.0 Å². The van der Waals surface area contributed by atoms with E-state index in [0.717, 1.165) is 23.1 Å². The van der Waals surface area contributed by atoms with E-state index in [9.17, 15) is 8.78 Å². The zero-order chi connectivity index (χ0) is 14.1. The van der Waals surface area contributed by atoms with Gasteiger partial charge in [0.25, 0.3) is 0 Å². The fourth-order valence-electron chi connectivity index (χ4n) is 2.23.